The summed E-state index contributed by atoms with van der Waals surface area (Å²) in [6, 6.07) is 19.1. The number of para-hydroxylation sites is 1. The van der Waals surface area contributed by atoms with Gasteiger partial charge in [0.1, 0.15) is 12.1 Å². The first-order chi connectivity index (χ1) is 20.5. The summed E-state index contributed by atoms with van der Waals surface area (Å²) in [5, 5.41) is 23.7. The predicted octanol–water partition coefficient (Wildman–Crippen LogP) is 2.92. The van der Waals surface area contributed by atoms with E-state index in [-0.39, 0.29) is 35.7 Å². The van der Waals surface area contributed by atoms with Gasteiger partial charge in [0, 0.05) is 36.9 Å². The molecule has 0 aromatic heterocycles. The van der Waals surface area contributed by atoms with E-state index >= 15 is 0 Å². The molecule has 43 heavy (non-hydrogen) atoms. The number of carbonyl (C=O) groups is 3. The maximum absolute atomic E-state index is 14.5. The van der Waals surface area contributed by atoms with Gasteiger partial charge < -0.3 is 24.2 Å². The van der Waals surface area contributed by atoms with Gasteiger partial charge in [-0.05, 0) is 37.6 Å². The average Bonchev–Trinajstić information content (AvgIpc) is 3.49. The van der Waals surface area contributed by atoms with Crippen LogP contribution in [0.2, 0.25) is 0 Å². The first kappa shape index (κ1) is 28.6. The summed E-state index contributed by atoms with van der Waals surface area (Å²) in [6.07, 6.45) is -0.840. The molecule has 3 aliphatic heterocycles. The van der Waals surface area contributed by atoms with Crippen molar-refractivity contribution in [3.05, 3.63) is 106 Å². The van der Waals surface area contributed by atoms with E-state index in [1.165, 1.54) is 36.3 Å². The molecule has 3 heterocycles. The van der Waals surface area contributed by atoms with Gasteiger partial charge in [-0.3, -0.25) is 24.5 Å². The van der Waals surface area contributed by atoms with Gasteiger partial charge >= 0.3 is 0 Å². The monoisotopic (exact) mass is 587 g/mol. The molecule has 0 saturated carbocycles. The number of anilines is 1. The molecule has 0 aliphatic carbocycles. The summed E-state index contributed by atoms with van der Waals surface area (Å²) < 4.78 is 17.8. The summed E-state index contributed by atoms with van der Waals surface area (Å²) in [5.74, 6) is -3.57. The molecule has 3 aromatic rings. The van der Waals surface area contributed by atoms with Crippen molar-refractivity contribution in [1.82, 2.24) is 4.90 Å². The highest BCUT2D eigenvalue weighted by Gasteiger charge is 2.79. The fraction of sp³-hybridized carbons (Fsp3) is 0.323. The summed E-state index contributed by atoms with van der Waals surface area (Å²) in [4.78, 5) is 55.3. The number of hydrogen-bond donors (Lipinski definition) is 1. The smallest absolute Gasteiger partial charge is 0.274 e. The molecule has 6 rings (SSSR count). The molecule has 3 amide bonds. The Hall–Kier alpha value is -4.49. The number of rotatable bonds is 7. The van der Waals surface area contributed by atoms with Crippen LogP contribution in [0.1, 0.15) is 35.3 Å². The predicted molar refractivity (Wildman–Crippen MR) is 151 cm³/mol. The number of nitrogens with zero attached hydrogens (tertiary/aromatic N) is 3. The molecule has 222 valence electrons. The zero-order chi connectivity index (χ0) is 30.7. The van der Waals surface area contributed by atoms with Gasteiger partial charge in [-0.2, -0.15) is 0 Å². The Bertz CT molecular complexity index is 1630. The Morgan fingerprint density at radius 1 is 1.02 bits per heavy atom. The number of ether oxygens (including phenoxy) is 3. The van der Waals surface area contributed by atoms with E-state index in [0.29, 0.717) is 0 Å². The van der Waals surface area contributed by atoms with Crippen LogP contribution in [-0.4, -0.2) is 69.9 Å². The third-order valence-corrected chi connectivity index (χ3v) is 8.33. The lowest BCUT2D eigenvalue weighted by Crippen LogP contribution is -2.85. The number of imide groups is 1. The fourth-order valence-corrected chi connectivity index (χ4v) is 6.41. The van der Waals surface area contributed by atoms with E-state index in [0.717, 1.165) is 22.6 Å². The Morgan fingerprint density at radius 3 is 2.28 bits per heavy atom. The van der Waals surface area contributed by atoms with Gasteiger partial charge in [-0.1, -0.05) is 48.5 Å². The second-order valence-corrected chi connectivity index (χ2v) is 11.1. The van der Waals surface area contributed by atoms with Crippen molar-refractivity contribution < 1.29 is 38.6 Å². The maximum Gasteiger partial charge on any atom is 0.274 e. The number of hydrogen-bond acceptors (Lipinski definition) is 9. The van der Waals surface area contributed by atoms with Crippen molar-refractivity contribution in [2.45, 2.75) is 49.5 Å². The second-order valence-electron chi connectivity index (χ2n) is 11.1. The van der Waals surface area contributed by atoms with E-state index in [2.05, 4.69) is 0 Å². The minimum Gasteiger partial charge on any atom is -0.375 e. The van der Waals surface area contributed by atoms with Gasteiger partial charge in [0.2, 0.25) is 11.2 Å². The average molecular weight is 588 g/mol. The van der Waals surface area contributed by atoms with Crippen molar-refractivity contribution in [2.75, 3.05) is 18.6 Å². The van der Waals surface area contributed by atoms with E-state index in [1.54, 1.807) is 26.0 Å². The number of nitro benzene ring substituents is 1. The van der Waals surface area contributed by atoms with E-state index in [4.69, 9.17) is 14.2 Å². The molecular weight excluding hydrogens is 558 g/mol. The van der Waals surface area contributed by atoms with Crippen LogP contribution in [0.3, 0.4) is 0 Å². The van der Waals surface area contributed by atoms with Crippen LogP contribution in [-0.2, 0) is 35.9 Å². The number of non-ortho nitro benzene ring substituents is 1. The molecule has 2 saturated heterocycles. The summed E-state index contributed by atoms with van der Waals surface area (Å²) in [6.45, 7) is 3.56. The first-order valence-electron chi connectivity index (χ1n) is 13.6. The Balaban J connectivity index is 1.46. The van der Waals surface area contributed by atoms with Crippen molar-refractivity contribution in [1.29, 1.82) is 0 Å². The van der Waals surface area contributed by atoms with Crippen molar-refractivity contribution in [3.8, 4) is 0 Å². The van der Waals surface area contributed by atoms with Crippen LogP contribution >= 0.6 is 0 Å². The molecular formula is C31H29N3O9. The van der Waals surface area contributed by atoms with Crippen LogP contribution in [0, 0.1) is 10.1 Å². The molecule has 3 aromatic carbocycles. The highest BCUT2D eigenvalue weighted by molar-refractivity contribution is 6.28. The van der Waals surface area contributed by atoms with Crippen LogP contribution < -0.4 is 4.90 Å². The Labute approximate surface area is 246 Å². The lowest BCUT2D eigenvalue weighted by atomic mass is 9.65. The van der Waals surface area contributed by atoms with Crippen molar-refractivity contribution in [3.63, 3.8) is 0 Å². The topological polar surface area (TPSA) is 149 Å². The number of amides is 3. The summed E-state index contributed by atoms with van der Waals surface area (Å²) in [7, 11) is 1.20. The molecule has 0 unspecified atom stereocenters. The van der Waals surface area contributed by atoms with Gasteiger partial charge in [-0.25, -0.2) is 4.90 Å². The van der Waals surface area contributed by atoms with Crippen LogP contribution in [0.4, 0.5) is 11.4 Å². The number of β-lactam (4-membered cyclic amide) rings is 1. The standard InChI is InChI=1S/C31H29N3O9/c1-29(2)42-18-24(43-29)25-30(38,27(36)32(25)17-19-9-5-4-6-10-19)31(41-3)22-11-7-8-12-23(22)33(28(31)37)26(35)20-13-15-21(16-14-20)34(39)40/h4-16,24-25,38H,17-18H2,1-3H3/t24-,25+,30-,31-/m1/s1. The normalized spacial score (nSPS) is 27.6. The molecule has 0 radical (unpaired) electrons. The maximum atomic E-state index is 14.5. The number of fused-ring (bicyclic) bond motifs is 1. The van der Waals surface area contributed by atoms with Gasteiger partial charge in [0.15, 0.2) is 5.79 Å². The van der Waals surface area contributed by atoms with Crippen LogP contribution in [0.5, 0.6) is 0 Å². The molecule has 1 N–H and O–H groups in total. The zero-order valence-electron chi connectivity index (χ0n) is 23.6. The summed E-state index contributed by atoms with van der Waals surface area (Å²) >= 11 is 0. The zero-order valence-corrected chi connectivity index (χ0v) is 23.6. The summed E-state index contributed by atoms with van der Waals surface area (Å²) in [5.41, 5.74) is -4.04. The van der Waals surface area contributed by atoms with Gasteiger partial charge in [0.25, 0.3) is 23.4 Å². The minimum absolute atomic E-state index is 0.0101. The number of carbonyl (C=O) groups excluding carboxylic acids is 3. The number of nitro groups is 1. The van der Waals surface area contributed by atoms with Crippen molar-refractivity contribution >= 4 is 29.1 Å². The third-order valence-electron chi connectivity index (χ3n) is 8.33. The fourth-order valence-electron chi connectivity index (χ4n) is 6.41. The minimum atomic E-state index is -2.50. The van der Waals surface area contributed by atoms with Gasteiger partial charge in [0.05, 0.1) is 17.2 Å². The molecule has 12 nitrogen and oxygen atoms in total. The SMILES string of the molecule is CO[C@@]1([C@]2(O)C(=O)N(Cc3ccccc3)[C@H]2[C@H]2COC(C)(C)O2)C(=O)N(C(=O)c2ccc([N+](=O)[O-])cc2)c2ccccc21. The highest BCUT2D eigenvalue weighted by Crippen LogP contribution is 2.56. The largest absolute Gasteiger partial charge is 0.375 e. The quantitative estimate of drug-likeness (QED) is 0.191. The molecule has 4 atom stereocenters. The number of aliphatic hydroxyl groups is 1. The highest BCUT2D eigenvalue weighted by atomic mass is 16.7. The van der Waals surface area contributed by atoms with Gasteiger partial charge in [-0.15, -0.1) is 0 Å². The molecule has 3 aliphatic rings. The number of likely N-dealkylation sites (tertiary alicyclic amines) is 1. The van der Waals surface area contributed by atoms with Crippen molar-refractivity contribution in [2.24, 2.45) is 0 Å². The first-order valence-corrected chi connectivity index (χ1v) is 13.6. The Kier molecular flexibility index (Phi) is 6.69. The lowest BCUT2D eigenvalue weighted by molar-refractivity contribution is -0.384. The van der Waals surface area contributed by atoms with E-state index < -0.39 is 51.8 Å². The number of benzene rings is 3. The van der Waals surface area contributed by atoms with Crippen LogP contribution in [0.15, 0.2) is 78.9 Å². The van der Waals surface area contributed by atoms with E-state index in [1.807, 2.05) is 30.3 Å². The third kappa shape index (κ3) is 4.09. The van der Waals surface area contributed by atoms with Crippen LogP contribution in [0.25, 0.3) is 0 Å². The molecule has 0 bridgehead atoms. The van der Waals surface area contributed by atoms with E-state index in [9.17, 15) is 29.6 Å². The number of methoxy groups -OCH3 is 1. The second kappa shape index (κ2) is 10.1. The lowest BCUT2D eigenvalue weighted by Gasteiger charge is -2.59. The molecule has 2 fully saturated rings. The Morgan fingerprint density at radius 2 is 1.67 bits per heavy atom. The molecule has 0 spiro atoms. The molecule has 12 heteroatoms.